The summed E-state index contributed by atoms with van der Waals surface area (Å²) in [5.41, 5.74) is 3.08. The van der Waals surface area contributed by atoms with Gasteiger partial charge in [-0.2, -0.15) is 5.26 Å². The van der Waals surface area contributed by atoms with E-state index in [1.54, 1.807) is 17.9 Å². The molecule has 0 aliphatic carbocycles. The fraction of sp³-hybridized carbons (Fsp3) is 0.118. The number of para-hydroxylation sites is 1. The molecule has 3 aromatic rings. The third-order valence-corrected chi connectivity index (χ3v) is 3.39. The third-order valence-electron chi connectivity index (χ3n) is 3.39. The van der Waals surface area contributed by atoms with Crippen molar-refractivity contribution in [2.45, 2.75) is 6.54 Å². The highest BCUT2D eigenvalue weighted by Gasteiger charge is 2.05. The molecule has 0 bridgehead atoms. The van der Waals surface area contributed by atoms with Gasteiger partial charge in [0.1, 0.15) is 17.5 Å². The number of hydrogen-bond acceptors (Lipinski definition) is 5. The van der Waals surface area contributed by atoms with Crippen molar-refractivity contribution in [2.75, 3.05) is 12.4 Å². The van der Waals surface area contributed by atoms with Crippen LogP contribution in [-0.4, -0.2) is 22.1 Å². The highest BCUT2D eigenvalue weighted by molar-refractivity contribution is 5.57. The van der Waals surface area contributed by atoms with E-state index in [9.17, 15) is 0 Å². The van der Waals surface area contributed by atoms with Gasteiger partial charge in [-0.15, -0.1) is 5.10 Å². The van der Waals surface area contributed by atoms with Crippen molar-refractivity contribution in [3.63, 3.8) is 0 Å². The number of rotatable bonds is 5. The van der Waals surface area contributed by atoms with Crippen molar-refractivity contribution in [3.8, 4) is 17.5 Å². The normalized spacial score (nSPS) is 10.1. The number of nitrogens with zero attached hydrogens (tertiary/aromatic N) is 4. The van der Waals surface area contributed by atoms with Crippen molar-refractivity contribution in [2.24, 2.45) is 0 Å². The van der Waals surface area contributed by atoms with Gasteiger partial charge in [0.15, 0.2) is 0 Å². The van der Waals surface area contributed by atoms with Crippen LogP contribution in [0.5, 0.6) is 5.75 Å². The topological polar surface area (TPSA) is 75.8 Å². The van der Waals surface area contributed by atoms with E-state index in [2.05, 4.69) is 21.7 Å². The summed E-state index contributed by atoms with van der Waals surface area (Å²) in [5, 5.41) is 20.5. The average molecular weight is 305 g/mol. The minimum atomic E-state index is 0.495. The smallest absolute Gasteiger partial charge is 0.119 e. The molecular formula is C17H15N5O. The number of methoxy groups -OCH3 is 1. The van der Waals surface area contributed by atoms with E-state index >= 15 is 0 Å². The van der Waals surface area contributed by atoms with Crippen LogP contribution >= 0.6 is 0 Å². The molecule has 0 unspecified atom stereocenters. The first kappa shape index (κ1) is 14.6. The van der Waals surface area contributed by atoms with Crippen LogP contribution in [-0.2, 0) is 6.54 Å². The van der Waals surface area contributed by atoms with E-state index in [0.717, 1.165) is 22.8 Å². The molecule has 23 heavy (non-hydrogen) atoms. The Morgan fingerprint density at radius 2 is 1.96 bits per heavy atom. The third kappa shape index (κ3) is 3.30. The highest BCUT2D eigenvalue weighted by atomic mass is 16.5. The van der Waals surface area contributed by atoms with Gasteiger partial charge in [-0.3, -0.25) is 0 Å². The minimum Gasteiger partial charge on any atom is -0.497 e. The summed E-state index contributed by atoms with van der Waals surface area (Å²) in [6.07, 6.45) is 1.85. The van der Waals surface area contributed by atoms with Crippen molar-refractivity contribution in [1.82, 2.24) is 15.0 Å². The number of nitriles is 1. The number of anilines is 1. The van der Waals surface area contributed by atoms with Crippen LogP contribution < -0.4 is 10.1 Å². The minimum absolute atomic E-state index is 0.495. The molecule has 0 spiro atoms. The molecule has 0 saturated carbocycles. The molecule has 0 aliphatic rings. The lowest BCUT2D eigenvalue weighted by atomic mass is 10.2. The van der Waals surface area contributed by atoms with Gasteiger partial charge in [0.05, 0.1) is 36.8 Å². The Morgan fingerprint density at radius 1 is 1.17 bits per heavy atom. The zero-order valence-electron chi connectivity index (χ0n) is 12.6. The van der Waals surface area contributed by atoms with E-state index in [4.69, 9.17) is 10.00 Å². The molecule has 0 atom stereocenters. The summed E-state index contributed by atoms with van der Waals surface area (Å²) in [6, 6.07) is 17.1. The van der Waals surface area contributed by atoms with Gasteiger partial charge in [0.25, 0.3) is 0 Å². The second-order valence-corrected chi connectivity index (χ2v) is 4.86. The summed E-state index contributed by atoms with van der Waals surface area (Å²) in [5.74, 6) is 0.795. The molecule has 1 aromatic heterocycles. The molecule has 0 fully saturated rings. The monoisotopic (exact) mass is 305 g/mol. The first-order chi connectivity index (χ1) is 11.3. The number of benzene rings is 2. The summed E-state index contributed by atoms with van der Waals surface area (Å²) in [7, 11) is 1.63. The molecule has 0 saturated heterocycles. The van der Waals surface area contributed by atoms with Gasteiger partial charge in [0.2, 0.25) is 0 Å². The molecule has 0 radical (unpaired) electrons. The van der Waals surface area contributed by atoms with Crippen LogP contribution in [0.4, 0.5) is 5.69 Å². The molecule has 1 heterocycles. The SMILES string of the molecule is COc1ccc(-n2cc(CNc3ccccc3C#N)nn2)cc1. The van der Waals surface area contributed by atoms with Gasteiger partial charge in [0, 0.05) is 0 Å². The summed E-state index contributed by atoms with van der Waals surface area (Å²) in [6.45, 7) is 0.495. The second kappa shape index (κ2) is 6.62. The quantitative estimate of drug-likeness (QED) is 0.784. The lowest BCUT2D eigenvalue weighted by Gasteiger charge is -2.05. The van der Waals surface area contributed by atoms with E-state index in [1.807, 2.05) is 48.7 Å². The predicted molar refractivity (Wildman–Crippen MR) is 86.4 cm³/mol. The van der Waals surface area contributed by atoms with Crippen LogP contribution in [0.25, 0.3) is 5.69 Å². The summed E-state index contributed by atoms with van der Waals surface area (Å²) >= 11 is 0. The van der Waals surface area contributed by atoms with Crippen LogP contribution in [0.2, 0.25) is 0 Å². The molecule has 3 rings (SSSR count). The molecule has 6 heteroatoms. The van der Waals surface area contributed by atoms with Gasteiger partial charge < -0.3 is 10.1 Å². The Labute approximate surface area is 133 Å². The molecular weight excluding hydrogens is 290 g/mol. The Balaban J connectivity index is 1.71. The van der Waals surface area contributed by atoms with E-state index in [1.165, 1.54) is 0 Å². The maximum Gasteiger partial charge on any atom is 0.119 e. The zero-order valence-corrected chi connectivity index (χ0v) is 12.6. The summed E-state index contributed by atoms with van der Waals surface area (Å²) < 4.78 is 6.84. The molecule has 2 aromatic carbocycles. The lowest BCUT2D eigenvalue weighted by Crippen LogP contribution is -2.01. The fourth-order valence-corrected chi connectivity index (χ4v) is 2.16. The van der Waals surface area contributed by atoms with Crippen molar-refractivity contribution >= 4 is 5.69 Å². The Kier molecular flexibility index (Phi) is 4.20. The van der Waals surface area contributed by atoms with Gasteiger partial charge in [-0.25, -0.2) is 4.68 Å². The van der Waals surface area contributed by atoms with E-state index in [0.29, 0.717) is 12.1 Å². The molecule has 0 aliphatic heterocycles. The lowest BCUT2D eigenvalue weighted by molar-refractivity contribution is 0.414. The maximum absolute atomic E-state index is 9.08. The molecule has 0 amide bonds. The second-order valence-electron chi connectivity index (χ2n) is 4.86. The Bertz CT molecular complexity index is 833. The first-order valence-corrected chi connectivity index (χ1v) is 7.09. The highest BCUT2D eigenvalue weighted by Crippen LogP contribution is 2.16. The summed E-state index contributed by atoms with van der Waals surface area (Å²) in [4.78, 5) is 0. The maximum atomic E-state index is 9.08. The predicted octanol–water partition coefficient (Wildman–Crippen LogP) is 2.76. The first-order valence-electron chi connectivity index (χ1n) is 7.09. The van der Waals surface area contributed by atoms with E-state index in [-0.39, 0.29) is 0 Å². The van der Waals surface area contributed by atoms with Crippen LogP contribution in [0.1, 0.15) is 11.3 Å². The largest absolute Gasteiger partial charge is 0.497 e. The zero-order chi connectivity index (χ0) is 16.1. The Hall–Kier alpha value is -3.33. The van der Waals surface area contributed by atoms with Gasteiger partial charge in [-0.05, 0) is 36.4 Å². The number of aromatic nitrogens is 3. The van der Waals surface area contributed by atoms with Crippen molar-refractivity contribution in [3.05, 3.63) is 66.0 Å². The van der Waals surface area contributed by atoms with Crippen LogP contribution in [0, 0.1) is 11.3 Å². The molecule has 114 valence electrons. The number of nitrogens with one attached hydrogen (secondary N) is 1. The van der Waals surface area contributed by atoms with Gasteiger partial charge in [-0.1, -0.05) is 17.3 Å². The molecule has 6 nitrogen and oxygen atoms in total. The fourth-order valence-electron chi connectivity index (χ4n) is 2.16. The van der Waals surface area contributed by atoms with E-state index < -0.39 is 0 Å². The van der Waals surface area contributed by atoms with Crippen LogP contribution in [0.3, 0.4) is 0 Å². The van der Waals surface area contributed by atoms with Crippen molar-refractivity contribution < 1.29 is 4.74 Å². The number of ether oxygens (including phenoxy) is 1. The standard InChI is InChI=1S/C17H15N5O/c1-23-16-8-6-15(7-9-16)22-12-14(20-21-22)11-19-17-5-3-2-4-13(17)10-18/h2-9,12,19H,11H2,1H3. The van der Waals surface area contributed by atoms with Gasteiger partial charge >= 0.3 is 0 Å². The average Bonchev–Trinajstić information content (AvgIpc) is 3.09. The van der Waals surface area contributed by atoms with Crippen LogP contribution in [0.15, 0.2) is 54.7 Å². The molecule has 1 N–H and O–H groups in total. The number of hydrogen-bond donors (Lipinski definition) is 1. The Morgan fingerprint density at radius 3 is 2.70 bits per heavy atom. The van der Waals surface area contributed by atoms with Crippen molar-refractivity contribution in [1.29, 1.82) is 5.26 Å².